The van der Waals surface area contributed by atoms with Gasteiger partial charge in [0.05, 0.1) is 37.6 Å². The van der Waals surface area contributed by atoms with Gasteiger partial charge in [-0.2, -0.15) is 0 Å². The van der Waals surface area contributed by atoms with Crippen LogP contribution in [0.3, 0.4) is 0 Å². The third-order valence-electron chi connectivity index (χ3n) is 5.45. The van der Waals surface area contributed by atoms with Gasteiger partial charge in [-0.15, -0.1) is 0 Å². The largest absolute Gasteiger partial charge is 0.497 e. The highest BCUT2D eigenvalue weighted by molar-refractivity contribution is 6.02. The van der Waals surface area contributed by atoms with Crippen molar-refractivity contribution in [2.75, 3.05) is 20.0 Å². The lowest BCUT2D eigenvalue weighted by molar-refractivity contribution is 0.0600. The molecule has 0 spiro atoms. The number of fused-ring (bicyclic) bond motifs is 1. The van der Waals surface area contributed by atoms with Gasteiger partial charge >= 0.3 is 5.97 Å². The van der Waals surface area contributed by atoms with Crippen molar-refractivity contribution in [1.29, 1.82) is 0 Å². The molecule has 0 amide bonds. The number of anilines is 1. The Kier molecular flexibility index (Phi) is 5.10. The lowest BCUT2D eigenvalue weighted by Crippen LogP contribution is -2.07. The zero-order chi connectivity index (χ0) is 22.1. The van der Waals surface area contributed by atoms with Gasteiger partial charge in [0, 0.05) is 17.4 Å². The summed E-state index contributed by atoms with van der Waals surface area (Å²) in [5.74, 6) is 0.0954. The van der Waals surface area contributed by atoms with E-state index in [4.69, 9.17) is 21.8 Å². The van der Waals surface area contributed by atoms with Crippen LogP contribution >= 0.6 is 0 Å². The van der Waals surface area contributed by atoms with Crippen molar-refractivity contribution >= 4 is 28.2 Å². The maximum Gasteiger partial charge on any atom is 0.340 e. The smallest absolute Gasteiger partial charge is 0.340 e. The first-order valence-corrected chi connectivity index (χ1v) is 9.63. The molecule has 2 N–H and O–H groups in total. The van der Waals surface area contributed by atoms with Gasteiger partial charge in [-0.3, -0.25) is 0 Å². The van der Waals surface area contributed by atoms with E-state index in [1.54, 1.807) is 25.3 Å². The molecule has 0 fully saturated rings. The van der Waals surface area contributed by atoms with Gasteiger partial charge in [0.2, 0.25) is 0 Å². The predicted molar refractivity (Wildman–Crippen MR) is 122 cm³/mol. The number of hydrogen-bond acceptors (Lipinski definition) is 4. The molecule has 1 heterocycles. The molecule has 0 radical (unpaired) electrons. The zero-order valence-electron chi connectivity index (χ0n) is 17.5. The Labute approximate surface area is 180 Å². The molecule has 4 aromatic rings. The summed E-state index contributed by atoms with van der Waals surface area (Å²) in [4.78, 5) is 16.1. The van der Waals surface area contributed by atoms with Gasteiger partial charge in [-0.05, 0) is 59.8 Å². The van der Waals surface area contributed by atoms with E-state index in [-0.39, 0.29) is 0 Å². The number of rotatable bonds is 4. The summed E-state index contributed by atoms with van der Waals surface area (Å²) >= 11 is 0. The average Bonchev–Trinajstić information content (AvgIpc) is 3.18. The van der Waals surface area contributed by atoms with E-state index in [9.17, 15) is 4.79 Å². The topological polar surface area (TPSA) is 70.8 Å². The molecule has 0 aliphatic heterocycles. The fourth-order valence-corrected chi connectivity index (χ4v) is 3.77. The van der Waals surface area contributed by atoms with Crippen molar-refractivity contribution in [3.63, 3.8) is 0 Å². The van der Waals surface area contributed by atoms with E-state index >= 15 is 0 Å². The van der Waals surface area contributed by atoms with Crippen molar-refractivity contribution in [2.45, 2.75) is 6.92 Å². The molecule has 6 nitrogen and oxygen atoms in total. The molecule has 154 valence electrons. The maximum absolute atomic E-state index is 12.5. The van der Waals surface area contributed by atoms with Gasteiger partial charge in [0.25, 0.3) is 0 Å². The molecular formula is C25H21N3O3. The summed E-state index contributed by atoms with van der Waals surface area (Å²) in [5.41, 5.74) is 12.1. The molecule has 31 heavy (non-hydrogen) atoms. The number of nitrogens with zero attached hydrogens (tertiary/aromatic N) is 2. The summed E-state index contributed by atoms with van der Waals surface area (Å²) in [6.07, 6.45) is 1.97. The number of carbonyl (C=O) groups is 1. The molecule has 0 bridgehead atoms. The van der Waals surface area contributed by atoms with E-state index in [2.05, 4.69) is 4.85 Å². The predicted octanol–water partition coefficient (Wildman–Crippen LogP) is 5.53. The molecule has 0 aliphatic rings. The normalized spacial score (nSPS) is 10.6. The monoisotopic (exact) mass is 411 g/mol. The molecule has 0 aliphatic carbocycles. The molecule has 0 saturated carbocycles. The van der Waals surface area contributed by atoms with E-state index in [0.29, 0.717) is 28.4 Å². The summed E-state index contributed by atoms with van der Waals surface area (Å²) in [5, 5.41) is 0.897. The van der Waals surface area contributed by atoms with E-state index in [0.717, 1.165) is 27.6 Å². The Morgan fingerprint density at radius 2 is 1.87 bits per heavy atom. The lowest BCUT2D eigenvalue weighted by atomic mass is 9.99. The van der Waals surface area contributed by atoms with Gasteiger partial charge in [0.1, 0.15) is 5.75 Å². The van der Waals surface area contributed by atoms with Crippen molar-refractivity contribution in [1.82, 2.24) is 4.57 Å². The van der Waals surface area contributed by atoms with Crippen LogP contribution in [0, 0.1) is 13.5 Å². The van der Waals surface area contributed by atoms with Crippen LogP contribution in [0.1, 0.15) is 15.9 Å². The quantitative estimate of drug-likeness (QED) is 0.272. The number of methoxy groups -OCH3 is 2. The fourth-order valence-electron chi connectivity index (χ4n) is 3.77. The second kappa shape index (κ2) is 7.88. The Hall–Kier alpha value is -4.24. The minimum absolute atomic E-state index is 0.379. The van der Waals surface area contributed by atoms with Gasteiger partial charge in [0.15, 0.2) is 5.69 Å². The van der Waals surface area contributed by atoms with Crippen molar-refractivity contribution in [3.05, 3.63) is 83.3 Å². The standard InChI is InChI=1S/C25H21N3O3/c1-15-18(6-5-7-22(15)26)21-14-28(23-10-8-16(27-2)12-19(21)23)24-11-9-17(30-3)13-20(24)25(29)31-4/h5-14H,26H2,1,3-4H3. The SMILES string of the molecule is [C-]#[N+]c1ccc2c(c1)c(-c1cccc(N)c1C)cn2-c1ccc(OC)cc1C(=O)OC. The van der Waals surface area contributed by atoms with Crippen LogP contribution in [0.25, 0.3) is 32.6 Å². The number of ether oxygens (including phenoxy) is 2. The Balaban J connectivity index is 2.07. The minimum Gasteiger partial charge on any atom is -0.497 e. The Morgan fingerprint density at radius 1 is 1.06 bits per heavy atom. The first kappa shape index (κ1) is 20.0. The first-order valence-electron chi connectivity index (χ1n) is 9.63. The molecular weight excluding hydrogens is 390 g/mol. The minimum atomic E-state index is -0.463. The van der Waals surface area contributed by atoms with Crippen molar-refractivity contribution in [2.24, 2.45) is 0 Å². The highest BCUT2D eigenvalue weighted by atomic mass is 16.5. The van der Waals surface area contributed by atoms with Crippen LogP contribution in [0.4, 0.5) is 11.4 Å². The number of nitrogen functional groups attached to an aromatic ring is 1. The number of benzene rings is 3. The number of carbonyl (C=O) groups excluding carboxylic acids is 1. The Morgan fingerprint density at radius 3 is 2.58 bits per heavy atom. The summed E-state index contributed by atoms with van der Waals surface area (Å²) in [6.45, 7) is 9.40. The Bertz CT molecular complexity index is 1360. The first-order chi connectivity index (χ1) is 15.0. The number of nitrogens with two attached hydrogens (primary N) is 1. The fraction of sp³-hybridized carbons (Fsp3) is 0.120. The lowest BCUT2D eigenvalue weighted by Gasteiger charge is -2.12. The van der Waals surface area contributed by atoms with Crippen LogP contribution in [0.5, 0.6) is 5.75 Å². The van der Waals surface area contributed by atoms with Crippen LogP contribution < -0.4 is 10.5 Å². The van der Waals surface area contributed by atoms with Crippen LogP contribution in [-0.2, 0) is 4.74 Å². The van der Waals surface area contributed by atoms with Crippen LogP contribution in [-0.4, -0.2) is 24.8 Å². The van der Waals surface area contributed by atoms with Crippen molar-refractivity contribution in [3.8, 4) is 22.6 Å². The van der Waals surface area contributed by atoms with Gasteiger partial charge < -0.3 is 19.8 Å². The van der Waals surface area contributed by atoms with E-state index < -0.39 is 5.97 Å². The van der Waals surface area contributed by atoms with Crippen molar-refractivity contribution < 1.29 is 14.3 Å². The van der Waals surface area contributed by atoms with Gasteiger partial charge in [-0.1, -0.05) is 18.2 Å². The third kappa shape index (κ3) is 3.36. The second-order valence-electron chi connectivity index (χ2n) is 7.12. The molecule has 4 rings (SSSR count). The number of aromatic nitrogens is 1. The summed E-state index contributed by atoms with van der Waals surface area (Å²) in [7, 11) is 2.90. The molecule has 0 saturated heterocycles. The highest BCUT2D eigenvalue weighted by Gasteiger charge is 2.20. The molecule has 1 aromatic heterocycles. The number of hydrogen-bond donors (Lipinski definition) is 1. The molecule has 0 unspecified atom stereocenters. The summed E-state index contributed by atoms with van der Waals surface area (Å²) < 4.78 is 12.2. The molecule has 0 atom stereocenters. The van der Waals surface area contributed by atoms with E-state index in [1.165, 1.54) is 7.11 Å². The molecule has 6 heteroatoms. The van der Waals surface area contributed by atoms with Crippen LogP contribution in [0.2, 0.25) is 0 Å². The third-order valence-corrected chi connectivity index (χ3v) is 5.45. The maximum atomic E-state index is 12.5. The van der Waals surface area contributed by atoms with Gasteiger partial charge in [-0.25, -0.2) is 9.64 Å². The van der Waals surface area contributed by atoms with E-state index in [1.807, 2.05) is 54.1 Å². The zero-order valence-corrected chi connectivity index (χ0v) is 17.5. The summed E-state index contributed by atoms with van der Waals surface area (Å²) in [6, 6.07) is 16.6. The van der Waals surface area contributed by atoms with Crippen LogP contribution in [0.15, 0.2) is 60.8 Å². The average molecular weight is 411 g/mol. The second-order valence-corrected chi connectivity index (χ2v) is 7.12. The number of esters is 1. The highest BCUT2D eigenvalue weighted by Crippen LogP contribution is 2.38. The molecule has 3 aromatic carbocycles.